The lowest BCUT2D eigenvalue weighted by Gasteiger charge is -2.31. The van der Waals surface area contributed by atoms with Gasteiger partial charge in [0.1, 0.15) is 6.10 Å². The van der Waals surface area contributed by atoms with E-state index in [1.807, 2.05) is 24.3 Å². The van der Waals surface area contributed by atoms with E-state index in [9.17, 15) is 18.0 Å². The second-order valence-corrected chi connectivity index (χ2v) is 7.63. The van der Waals surface area contributed by atoms with E-state index >= 15 is 0 Å². The SMILES string of the molecule is O=C(c1ccc(C(F)(F)F)cc1)N1CCC(Oc2nc3ccccc3s2)CC1. The third-order valence-electron chi connectivity index (χ3n) is 4.73. The maximum atomic E-state index is 12.7. The quantitative estimate of drug-likeness (QED) is 0.615. The van der Waals surface area contributed by atoms with Crippen LogP contribution in [0.1, 0.15) is 28.8 Å². The molecule has 1 amide bonds. The van der Waals surface area contributed by atoms with Gasteiger partial charge in [0.15, 0.2) is 0 Å². The van der Waals surface area contributed by atoms with Gasteiger partial charge in [-0.05, 0) is 36.4 Å². The van der Waals surface area contributed by atoms with Gasteiger partial charge in [0.25, 0.3) is 11.1 Å². The first-order valence-electron chi connectivity index (χ1n) is 8.89. The number of ether oxygens (including phenoxy) is 1. The van der Waals surface area contributed by atoms with Crippen molar-refractivity contribution in [3.63, 3.8) is 0 Å². The smallest absolute Gasteiger partial charge is 0.416 e. The number of hydrogen-bond donors (Lipinski definition) is 0. The Balaban J connectivity index is 1.35. The number of para-hydroxylation sites is 1. The zero-order valence-corrected chi connectivity index (χ0v) is 15.6. The van der Waals surface area contributed by atoms with E-state index in [1.165, 1.54) is 23.5 Å². The van der Waals surface area contributed by atoms with Gasteiger partial charge >= 0.3 is 6.18 Å². The van der Waals surface area contributed by atoms with Gasteiger partial charge in [-0.2, -0.15) is 13.2 Å². The molecule has 0 aliphatic carbocycles. The zero-order valence-electron chi connectivity index (χ0n) is 14.8. The lowest BCUT2D eigenvalue weighted by atomic mass is 10.1. The molecule has 3 aromatic rings. The van der Waals surface area contributed by atoms with Crippen molar-refractivity contribution < 1.29 is 22.7 Å². The first kappa shape index (κ1) is 18.7. The number of rotatable bonds is 3. The summed E-state index contributed by atoms with van der Waals surface area (Å²) in [5.41, 5.74) is 0.406. The van der Waals surface area contributed by atoms with Crippen LogP contribution in [0.3, 0.4) is 0 Å². The first-order valence-corrected chi connectivity index (χ1v) is 9.70. The minimum Gasteiger partial charge on any atom is -0.467 e. The summed E-state index contributed by atoms with van der Waals surface area (Å²) in [5, 5.41) is 0.619. The molecule has 0 N–H and O–H groups in total. The highest BCUT2D eigenvalue weighted by molar-refractivity contribution is 7.20. The van der Waals surface area contributed by atoms with Crippen molar-refractivity contribution >= 4 is 27.5 Å². The molecule has 0 bridgehead atoms. The number of aromatic nitrogens is 1. The number of likely N-dealkylation sites (tertiary alicyclic amines) is 1. The van der Waals surface area contributed by atoms with Crippen LogP contribution in [0.2, 0.25) is 0 Å². The van der Waals surface area contributed by atoms with Crippen molar-refractivity contribution in [3.8, 4) is 5.19 Å². The summed E-state index contributed by atoms with van der Waals surface area (Å²) in [4.78, 5) is 18.7. The Morgan fingerprint density at radius 2 is 1.75 bits per heavy atom. The number of halogens is 3. The molecule has 0 unspecified atom stereocenters. The fraction of sp³-hybridized carbons (Fsp3) is 0.300. The van der Waals surface area contributed by atoms with E-state index in [0.29, 0.717) is 31.1 Å². The number of fused-ring (bicyclic) bond motifs is 1. The van der Waals surface area contributed by atoms with E-state index in [-0.39, 0.29) is 17.6 Å². The second kappa shape index (κ2) is 7.43. The van der Waals surface area contributed by atoms with Crippen molar-refractivity contribution in [3.05, 3.63) is 59.7 Å². The van der Waals surface area contributed by atoms with E-state index in [0.717, 1.165) is 22.3 Å². The summed E-state index contributed by atoms with van der Waals surface area (Å²) >= 11 is 1.49. The van der Waals surface area contributed by atoms with Crippen molar-refractivity contribution in [2.24, 2.45) is 0 Å². The lowest BCUT2D eigenvalue weighted by molar-refractivity contribution is -0.137. The van der Waals surface area contributed by atoms with Crippen LogP contribution < -0.4 is 4.74 Å². The van der Waals surface area contributed by atoms with E-state index in [1.54, 1.807) is 4.90 Å². The number of piperidine rings is 1. The summed E-state index contributed by atoms with van der Waals surface area (Å²) < 4.78 is 45.0. The number of hydrogen-bond acceptors (Lipinski definition) is 4. The Morgan fingerprint density at radius 3 is 2.39 bits per heavy atom. The van der Waals surface area contributed by atoms with Crippen LogP contribution in [0.25, 0.3) is 10.2 Å². The highest BCUT2D eigenvalue weighted by atomic mass is 32.1. The maximum Gasteiger partial charge on any atom is 0.416 e. The molecule has 0 atom stereocenters. The number of nitrogens with zero attached hydrogens (tertiary/aromatic N) is 2. The summed E-state index contributed by atoms with van der Waals surface area (Å²) in [6, 6.07) is 12.2. The molecule has 28 heavy (non-hydrogen) atoms. The van der Waals surface area contributed by atoms with E-state index in [4.69, 9.17) is 4.74 Å². The van der Waals surface area contributed by atoms with Crippen molar-refractivity contribution in [1.82, 2.24) is 9.88 Å². The Bertz CT molecular complexity index is 944. The van der Waals surface area contributed by atoms with Crippen LogP contribution in [-0.4, -0.2) is 35.0 Å². The molecule has 4 rings (SSSR count). The molecule has 1 aromatic heterocycles. The number of amides is 1. The number of alkyl halides is 3. The van der Waals surface area contributed by atoms with Gasteiger partial charge in [0.2, 0.25) is 0 Å². The maximum absolute atomic E-state index is 12.7. The molecule has 0 spiro atoms. The fourth-order valence-corrected chi connectivity index (χ4v) is 4.09. The molecule has 1 saturated heterocycles. The lowest BCUT2D eigenvalue weighted by Crippen LogP contribution is -2.41. The van der Waals surface area contributed by atoms with Gasteiger partial charge in [-0.3, -0.25) is 4.79 Å². The third kappa shape index (κ3) is 3.96. The number of benzene rings is 2. The van der Waals surface area contributed by atoms with Crippen LogP contribution in [-0.2, 0) is 6.18 Å². The third-order valence-corrected chi connectivity index (χ3v) is 5.66. The minimum atomic E-state index is -4.40. The molecule has 0 saturated carbocycles. The minimum absolute atomic E-state index is 0.0304. The molecule has 4 nitrogen and oxygen atoms in total. The molecule has 146 valence electrons. The Kier molecular flexibility index (Phi) is 4.97. The van der Waals surface area contributed by atoms with Crippen LogP contribution in [0.15, 0.2) is 48.5 Å². The Labute approximate surface area is 163 Å². The first-order chi connectivity index (χ1) is 13.4. The van der Waals surface area contributed by atoms with Gasteiger partial charge in [0.05, 0.1) is 15.8 Å². The fourth-order valence-electron chi connectivity index (χ4n) is 3.21. The number of carbonyl (C=O) groups is 1. The van der Waals surface area contributed by atoms with Crippen molar-refractivity contribution in [1.29, 1.82) is 0 Å². The van der Waals surface area contributed by atoms with Crippen LogP contribution in [0.5, 0.6) is 5.19 Å². The topological polar surface area (TPSA) is 42.4 Å². The standard InChI is InChI=1S/C20H17F3N2O2S/c21-20(22,23)14-7-5-13(6-8-14)18(26)25-11-9-15(10-12-25)27-19-24-16-3-1-2-4-17(16)28-19/h1-8,15H,9-12H2. The van der Waals surface area contributed by atoms with Gasteiger partial charge in [-0.25, -0.2) is 4.98 Å². The van der Waals surface area contributed by atoms with E-state index in [2.05, 4.69) is 4.98 Å². The highest BCUT2D eigenvalue weighted by Gasteiger charge is 2.31. The summed E-state index contributed by atoms with van der Waals surface area (Å²) in [6.07, 6.45) is -3.13. The molecule has 1 aliphatic rings. The van der Waals surface area contributed by atoms with Gasteiger partial charge in [-0.15, -0.1) is 0 Å². The van der Waals surface area contributed by atoms with Crippen molar-refractivity contribution in [2.75, 3.05) is 13.1 Å². The van der Waals surface area contributed by atoms with Crippen LogP contribution in [0, 0.1) is 0 Å². The van der Waals surface area contributed by atoms with E-state index < -0.39 is 11.7 Å². The predicted molar refractivity (Wildman–Crippen MR) is 101 cm³/mol. The zero-order chi connectivity index (χ0) is 19.7. The van der Waals surface area contributed by atoms with Gasteiger partial charge < -0.3 is 9.64 Å². The summed E-state index contributed by atoms with van der Waals surface area (Å²) in [7, 11) is 0. The molecular formula is C20H17F3N2O2S. The average molecular weight is 406 g/mol. The average Bonchev–Trinajstić information content (AvgIpc) is 3.10. The molecule has 0 radical (unpaired) electrons. The van der Waals surface area contributed by atoms with Crippen LogP contribution in [0.4, 0.5) is 13.2 Å². The summed E-state index contributed by atoms with van der Waals surface area (Å²) in [5.74, 6) is -0.257. The molecule has 1 fully saturated rings. The van der Waals surface area contributed by atoms with Gasteiger partial charge in [0, 0.05) is 31.5 Å². The normalized spacial score (nSPS) is 15.8. The monoisotopic (exact) mass is 406 g/mol. The molecule has 8 heteroatoms. The van der Waals surface area contributed by atoms with Crippen molar-refractivity contribution in [2.45, 2.75) is 25.1 Å². The Hall–Kier alpha value is -2.61. The molecule has 1 aliphatic heterocycles. The number of thiazole rings is 1. The second-order valence-electron chi connectivity index (χ2n) is 6.63. The molecular weight excluding hydrogens is 389 g/mol. The van der Waals surface area contributed by atoms with Gasteiger partial charge in [-0.1, -0.05) is 23.5 Å². The molecule has 2 aromatic carbocycles. The largest absolute Gasteiger partial charge is 0.467 e. The number of carbonyl (C=O) groups excluding carboxylic acids is 1. The Morgan fingerprint density at radius 1 is 1.07 bits per heavy atom. The highest BCUT2D eigenvalue weighted by Crippen LogP contribution is 2.31. The predicted octanol–water partition coefficient (Wildman–Crippen LogP) is 5.00. The van der Waals surface area contributed by atoms with Crippen LogP contribution >= 0.6 is 11.3 Å². The summed E-state index contributed by atoms with van der Waals surface area (Å²) in [6.45, 7) is 0.991. The molecule has 2 heterocycles.